The summed E-state index contributed by atoms with van der Waals surface area (Å²) in [5.74, 6) is 1.42. The van der Waals surface area contributed by atoms with Crippen molar-refractivity contribution in [2.45, 2.75) is 50.9 Å². The summed E-state index contributed by atoms with van der Waals surface area (Å²) >= 11 is 1.60. The Bertz CT molecular complexity index is 1110. The molecular weight excluding hydrogens is 416 g/mol. The van der Waals surface area contributed by atoms with Crippen molar-refractivity contribution >= 4 is 44.5 Å². The van der Waals surface area contributed by atoms with Crippen molar-refractivity contribution in [2.75, 3.05) is 37.4 Å². The number of nitrogens with one attached hydrogen (secondary N) is 1. The van der Waals surface area contributed by atoms with E-state index in [9.17, 15) is 4.79 Å². The molecule has 6 heteroatoms. The molecule has 0 unspecified atom stereocenters. The molecule has 1 aliphatic heterocycles. The van der Waals surface area contributed by atoms with Crippen molar-refractivity contribution < 1.29 is 4.79 Å². The molecule has 2 fully saturated rings. The van der Waals surface area contributed by atoms with E-state index in [0.29, 0.717) is 5.92 Å². The molecule has 1 saturated carbocycles. The van der Waals surface area contributed by atoms with Gasteiger partial charge in [0.15, 0.2) is 0 Å². The zero-order chi connectivity index (χ0) is 22.1. The van der Waals surface area contributed by atoms with Crippen LogP contribution in [0.15, 0.2) is 36.5 Å². The number of carbonyl (C=O) groups is 1. The fourth-order valence-electron chi connectivity index (χ4n) is 5.15. The van der Waals surface area contributed by atoms with Gasteiger partial charge in [-0.3, -0.25) is 4.79 Å². The number of thiophene rings is 1. The van der Waals surface area contributed by atoms with Crippen LogP contribution in [0.4, 0.5) is 17.2 Å². The Morgan fingerprint density at radius 3 is 2.62 bits per heavy atom. The first-order chi connectivity index (χ1) is 15.6. The Hall–Kier alpha value is -2.60. The van der Waals surface area contributed by atoms with Crippen molar-refractivity contribution in [3.63, 3.8) is 0 Å². The van der Waals surface area contributed by atoms with Gasteiger partial charge < -0.3 is 15.1 Å². The van der Waals surface area contributed by atoms with E-state index in [0.717, 1.165) is 34.2 Å². The number of fused-ring (bicyclic) bond motifs is 1. The number of piperidine rings is 1. The number of rotatable bonds is 5. The summed E-state index contributed by atoms with van der Waals surface area (Å²) in [5, 5.41) is 4.72. The molecule has 0 atom stereocenters. The van der Waals surface area contributed by atoms with Gasteiger partial charge in [0.2, 0.25) is 0 Å². The molecule has 5 nitrogen and oxygen atoms in total. The lowest BCUT2D eigenvalue weighted by atomic mass is 9.94. The van der Waals surface area contributed by atoms with Crippen molar-refractivity contribution in [2.24, 2.45) is 0 Å². The maximum Gasteiger partial charge on any atom is 0.263 e. The number of pyridine rings is 1. The minimum absolute atomic E-state index is 0.108. The highest BCUT2D eigenvalue weighted by atomic mass is 32.1. The SMILES string of the molecule is CN(C)C(=O)c1sc2cnc(Nc3cccc(N4CCCCC4)c3)cc2c1C1CCCC1. The molecule has 0 radical (unpaired) electrons. The Balaban J connectivity index is 1.48. The Morgan fingerprint density at radius 1 is 1.09 bits per heavy atom. The van der Waals surface area contributed by atoms with Crippen LogP contribution in [-0.4, -0.2) is 43.0 Å². The fourth-order valence-corrected chi connectivity index (χ4v) is 6.41. The molecule has 1 aliphatic carbocycles. The number of amides is 1. The van der Waals surface area contributed by atoms with Crippen LogP contribution in [0, 0.1) is 0 Å². The quantitative estimate of drug-likeness (QED) is 0.491. The van der Waals surface area contributed by atoms with Gasteiger partial charge in [0.05, 0.1) is 9.58 Å². The number of nitrogens with zero attached hydrogens (tertiary/aromatic N) is 3. The van der Waals surface area contributed by atoms with Gasteiger partial charge in [-0.2, -0.15) is 0 Å². The van der Waals surface area contributed by atoms with E-state index in [-0.39, 0.29) is 5.91 Å². The van der Waals surface area contributed by atoms with Crippen molar-refractivity contribution in [3.05, 3.63) is 47.0 Å². The normalized spacial score (nSPS) is 17.1. The van der Waals surface area contributed by atoms with Gasteiger partial charge in [0.25, 0.3) is 5.91 Å². The number of hydrogen-bond donors (Lipinski definition) is 1. The van der Waals surface area contributed by atoms with Gasteiger partial charge in [-0.05, 0) is 67.9 Å². The number of aromatic nitrogens is 1. The van der Waals surface area contributed by atoms with E-state index < -0.39 is 0 Å². The van der Waals surface area contributed by atoms with E-state index in [2.05, 4.69) is 40.5 Å². The second-order valence-corrected chi connectivity index (χ2v) is 10.4. The topological polar surface area (TPSA) is 48.5 Å². The lowest BCUT2D eigenvalue weighted by Crippen LogP contribution is -2.29. The van der Waals surface area contributed by atoms with Gasteiger partial charge in [-0.25, -0.2) is 4.98 Å². The summed E-state index contributed by atoms with van der Waals surface area (Å²) in [5.41, 5.74) is 3.58. The van der Waals surface area contributed by atoms with Crippen molar-refractivity contribution in [1.82, 2.24) is 9.88 Å². The summed E-state index contributed by atoms with van der Waals surface area (Å²) in [6.07, 6.45) is 10.6. The van der Waals surface area contributed by atoms with Crippen LogP contribution < -0.4 is 10.2 Å². The average Bonchev–Trinajstić information content (AvgIpc) is 3.46. The molecule has 0 spiro atoms. The first kappa shape index (κ1) is 21.3. The third-order valence-electron chi connectivity index (χ3n) is 6.82. The maximum atomic E-state index is 13.0. The second kappa shape index (κ2) is 9.10. The molecule has 5 rings (SSSR count). The molecule has 1 amide bonds. The molecule has 1 saturated heterocycles. The molecule has 3 heterocycles. The molecule has 3 aromatic rings. The van der Waals surface area contributed by atoms with Crippen LogP contribution in [0.1, 0.15) is 66.1 Å². The zero-order valence-corrected chi connectivity index (χ0v) is 19.9. The molecular formula is C26H32N4OS. The smallest absolute Gasteiger partial charge is 0.263 e. The van der Waals surface area contributed by atoms with Gasteiger partial charge in [0, 0.05) is 50.1 Å². The van der Waals surface area contributed by atoms with Crippen LogP contribution in [0.2, 0.25) is 0 Å². The summed E-state index contributed by atoms with van der Waals surface area (Å²) in [4.78, 5) is 22.7. The summed E-state index contributed by atoms with van der Waals surface area (Å²) < 4.78 is 1.10. The Kier molecular flexibility index (Phi) is 6.05. The molecule has 1 aromatic carbocycles. The lowest BCUT2D eigenvalue weighted by molar-refractivity contribution is 0.0831. The Labute approximate surface area is 194 Å². The van der Waals surface area contributed by atoms with E-state index in [1.54, 1.807) is 16.2 Å². The summed E-state index contributed by atoms with van der Waals surface area (Å²) in [6.45, 7) is 2.27. The van der Waals surface area contributed by atoms with Crippen molar-refractivity contribution in [1.29, 1.82) is 0 Å². The highest BCUT2D eigenvalue weighted by molar-refractivity contribution is 7.21. The third kappa shape index (κ3) is 4.20. The van der Waals surface area contributed by atoms with Crippen LogP contribution in [0.25, 0.3) is 10.1 Å². The molecule has 1 N–H and O–H groups in total. The number of benzene rings is 1. The standard InChI is InChI=1S/C26H32N4OS/c1-29(2)26(31)25-24(18-9-4-5-10-18)21-16-23(27-17-22(21)32-25)28-19-11-8-12-20(15-19)30-13-6-3-7-14-30/h8,11-12,15-18H,3-7,9-10,13-14H2,1-2H3,(H,27,28). The minimum Gasteiger partial charge on any atom is -0.371 e. The monoisotopic (exact) mass is 448 g/mol. The number of anilines is 3. The van der Waals surface area contributed by atoms with Crippen molar-refractivity contribution in [3.8, 4) is 0 Å². The number of hydrogen-bond acceptors (Lipinski definition) is 5. The van der Waals surface area contributed by atoms with Gasteiger partial charge in [0.1, 0.15) is 5.82 Å². The zero-order valence-electron chi connectivity index (χ0n) is 19.1. The predicted molar refractivity (Wildman–Crippen MR) is 135 cm³/mol. The summed E-state index contributed by atoms with van der Waals surface area (Å²) in [6, 6.07) is 10.8. The molecule has 0 bridgehead atoms. The van der Waals surface area contributed by atoms with E-state index >= 15 is 0 Å². The fraction of sp³-hybridized carbons (Fsp3) is 0.462. The second-order valence-electron chi connectivity index (χ2n) is 9.31. The first-order valence-corrected chi connectivity index (χ1v) is 12.7. The van der Waals surface area contributed by atoms with Crippen LogP contribution in [0.5, 0.6) is 0 Å². The molecule has 2 aliphatic rings. The molecule has 2 aromatic heterocycles. The van der Waals surface area contributed by atoms with Crippen LogP contribution >= 0.6 is 11.3 Å². The van der Waals surface area contributed by atoms with E-state index in [1.165, 1.54) is 61.6 Å². The van der Waals surface area contributed by atoms with Gasteiger partial charge in [-0.15, -0.1) is 11.3 Å². The first-order valence-electron chi connectivity index (χ1n) is 11.9. The largest absolute Gasteiger partial charge is 0.371 e. The lowest BCUT2D eigenvalue weighted by Gasteiger charge is -2.29. The van der Waals surface area contributed by atoms with E-state index in [4.69, 9.17) is 4.98 Å². The van der Waals surface area contributed by atoms with Crippen LogP contribution in [-0.2, 0) is 0 Å². The van der Waals surface area contributed by atoms with E-state index in [1.807, 2.05) is 20.3 Å². The highest BCUT2D eigenvalue weighted by Crippen LogP contribution is 2.44. The molecule has 32 heavy (non-hydrogen) atoms. The summed E-state index contributed by atoms with van der Waals surface area (Å²) in [7, 11) is 3.68. The molecule has 168 valence electrons. The maximum absolute atomic E-state index is 13.0. The average molecular weight is 449 g/mol. The Morgan fingerprint density at radius 2 is 1.88 bits per heavy atom. The third-order valence-corrected chi connectivity index (χ3v) is 7.96. The van der Waals surface area contributed by atoms with Crippen LogP contribution in [0.3, 0.4) is 0 Å². The predicted octanol–water partition coefficient (Wildman–Crippen LogP) is 6.39. The van der Waals surface area contributed by atoms with Gasteiger partial charge in [-0.1, -0.05) is 18.9 Å². The van der Waals surface area contributed by atoms with Gasteiger partial charge >= 0.3 is 0 Å². The number of carbonyl (C=O) groups excluding carboxylic acids is 1. The minimum atomic E-state index is 0.108. The highest BCUT2D eigenvalue weighted by Gasteiger charge is 2.28.